The number of nitrogen functional groups attached to an aromatic ring is 1. The van der Waals surface area contributed by atoms with Crippen molar-refractivity contribution < 1.29 is 9.53 Å². The third-order valence-electron chi connectivity index (χ3n) is 5.84. The normalized spacial score (nSPS) is 16.0. The summed E-state index contributed by atoms with van der Waals surface area (Å²) >= 11 is 0. The van der Waals surface area contributed by atoms with Crippen LogP contribution in [0.15, 0.2) is 92.0 Å². The number of amides is 1. The van der Waals surface area contributed by atoms with Gasteiger partial charge >= 0.3 is 0 Å². The lowest BCUT2D eigenvalue weighted by Gasteiger charge is -2.34. The highest BCUT2D eigenvalue weighted by atomic mass is 16.5. The number of fused-ring (bicyclic) bond motifs is 1. The van der Waals surface area contributed by atoms with Crippen molar-refractivity contribution in [2.75, 3.05) is 18.9 Å². The van der Waals surface area contributed by atoms with E-state index in [-0.39, 0.29) is 11.9 Å². The van der Waals surface area contributed by atoms with Crippen LogP contribution in [-0.4, -0.2) is 43.7 Å². The second-order valence-electron chi connectivity index (χ2n) is 8.00. The summed E-state index contributed by atoms with van der Waals surface area (Å²) in [6.07, 6.45) is 10.7. The lowest BCUT2D eigenvalue weighted by molar-refractivity contribution is -0.124. The third-order valence-corrected chi connectivity index (χ3v) is 5.84. The van der Waals surface area contributed by atoms with Crippen molar-refractivity contribution in [2.45, 2.75) is 19.4 Å². The van der Waals surface area contributed by atoms with Gasteiger partial charge in [0.25, 0.3) is 0 Å². The molecule has 0 aliphatic carbocycles. The number of aromatic nitrogens is 4. The summed E-state index contributed by atoms with van der Waals surface area (Å²) in [5.41, 5.74) is 10.2. The Balaban J connectivity index is 1.82. The number of carbonyl (C=O) groups is 1. The number of ether oxygens (including phenoxy) is 1. The first kappa shape index (κ1) is 23.7. The van der Waals surface area contributed by atoms with E-state index in [9.17, 15) is 4.79 Å². The van der Waals surface area contributed by atoms with Crippen molar-refractivity contribution in [1.29, 1.82) is 0 Å². The minimum absolute atomic E-state index is 0.192. The first-order valence-corrected chi connectivity index (χ1v) is 11.3. The molecule has 3 heterocycles. The van der Waals surface area contributed by atoms with E-state index >= 15 is 0 Å². The van der Waals surface area contributed by atoms with Gasteiger partial charge in [-0.15, -0.1) is 0 Å². The smallest absolute Gasteiger partial charge is 0.250 e. The van der Waals surface area contributed by atoms with Gasteiger partial charge in [0.1, 0.15) is 30.2 Å². The molecule has 178 valence electrons. The van der Waals surface area contributed by atoms with Crippen LogP contribution in [0.1, 0.15) is 19.4 Å². The molecule has 35 heavy (non-hydrogen) atoms. The third kappa shape index (κ3) is 4.50. The molecule has 1 aliphatic rings. The summed E-state index contributed by atoms with van der Waals surface area (Å²) in [7, 11) is 0. The number of hydrogen-bond donors (Lipinski definition) is 1. The van der Waals surface area contributed by atoms with Crippen LogP contribution < -0.4 is 10.5 Å². The van der Waals surface area contributed by atoms with Crippen LogP contribution in [-0.2, 0) is 4.79 Å². The SMILES string of the molecule is C=CCOc1ccc(-c2nn(C3CC(C=C)=C(/C=C\C)N(C(=O)C=C)C3)c3ncnc(N)c23)cc1. The van der Waals surface area contributed by atoms with Gasteiger partial charge in [-0.05, 0) is 55.3 Å². The van der Waals surface area contributed by atoms with E-state index in [1.807, 2.05) is 48.0 Å². The van der Waals surface area contributed by atoms with Crippen molar-refractivity contribution >= 4 is 22.8 Å². The summed E-state index contributed by atoms with van der Waals surface area (Å²) in [5, 5.41) is 5.60. The molecule has 1 atom stereocenters. The highest BCUT2D eigenvalue weighted by Crippen LogP contribution is 2.37. The first-order valence-electron chi connectivity index (χ1n) is 11.3. The fraction of sp³-hybridized carbons (Fsp3) is 0.185. The lowest BCUT2D eigenvalue weighted by Crippen LogP contribution is -2.38. The molecule has 0 saturated heterocycles. The molecule has 2 aromatic heterocycles. The standard InChI is InChI=1S/C27H28N6O2/c1-5-9-22-18(7-3)15-20(16-32(22)23(34)8-4)33-27-24(26(28)29-17-30-27)25(31-33)19-10-12-21(13-11-19)35-14-6-2/h5-13,17,20H,2-4,14-16H2,1H3,(H2,28,29,30)/b9-5-. The van der Waals surface area contributed by atoms with E-state index in [4.69, 9.17) is 15.6 Å². The number of benzene rings is 1. The number of nitrogens with zero attached hydrogens (tertiary/aromatic N) is 5. The molecule has 1 aromatic carbocycles. The van der Waals surface area contributed by atoms with Crippen LogP contribution in [0.2, 0.25) is 0 Å². The Hall–Kier alpha value is -4.46. The van der Waals surface area contributed by atoms with Gasteiger partial charge in [0, 0.05) is 17.8 Å². The number of carbonyl (C=O) groups excluding carboxylic acids is 1. The maximum atomic E-state index is 12.8. The lowest BCUT2D eigenvalue weighted by atomic mass is 9.97. The van der Waals surface area contributed by atoms with Crippen LogP contribution >= 0.6 is 0 Å². The first-order chi connectivity index (χ1) is 17.0. The van der Waals surface area contributed by atoms with Gasteiger partial charge < -0.3 is 15.4 Å². The molecule has 0 radical (unpaired) electrons. The quantitative estimate of drug-likeness (QED) is 0.383. The fourth-order valence-electron chi connectivity index (χ4n) is 4.25. The van der Waals surface area contributed by atoms with Gasteiger partial charge in [-0.2, -0.15) is 5.10 Å². The molecule has 0 spiro atoms. The van der Waals surface area contributed by atoms with Gasteiger partial charge in [0.15, 0.2) is 5.65 Å². The number of hydrogen-bond acceptors (Lipinski definition) is 6. The van der Waals surface area contributed by atoms with Gasteiger partial charge in [-0.3, -0.25) is 4.79 Å². The van der Waals surface area contributed by atoms with Crippen molar-refractivity contribution in [3.05, 3.63) is 92.0 Å². The zero-order valence-electron chi connectivity index (χ0n) is 19.7. The molecule has 0 bridgehead atoms. The summed E-state index contributed by atoms with van der Waals surface area (Å²) in [6, 6.07) is 7.39. The van der Waals surface area contributed by atoms with Crippen molar-refractivity contribution in [3.8, 4) is 17.0 Å². The summed E-state index contributed by atoms with van der Waals surface area (Å²) < 4.78 is 7.44. The average molecular weight is 469 g/mol. The molecular formula is C27H28N6O2. The molecule has 8 heteroatoms. The zero-order chi connectivity index (χ0) is 24.9. The van der Waals surface area contributed by atoms with Crippen LogP contribution in [0.25, 0.3) is 22.3 Å². The predicted octanol–water partition coefficient (Wildman–Crippen LogP) is 4.62. The number of nitrogens with two attached hydrogens (primary N) is 1. The number of allylic oxidation sites excluding steroid dienone is 4. The second kappa shape index (κ2) is 10.2. The maximum absolute atomic E-state index is 12.8. The molecule has 0 saturated carbocycles. The molecular weight excluding hydrogens is 440 g/mol. The molecule has 1 unspecified atom stereocenters. The van der Waals surface area contributed by atoms with E-state index < -0.39 is 0 Å². The highest BCUT2D eigenvalue weighted by Gasteiger charge is 2.31. The molecule has 0 fully saturated rings. The topological polar surface area (TPSA) is 99.2 Å². The van der Waals surface area contributed by atoms with Gasteiger partial charge in [-0.25, -0.2) is 14.6 Å². The van der Waals surface area contributed by atoms with Gasteiger partial charge in [0.2, 0.25) is 5.91 Å². The second-order valence-corrected chi connectivity index (χ2v) is 8.00. The Labute approximate surface area is 204 Å². The fourth-order valence-corrected chi connectivity index (χ4v) is 4.25. The maximum Gasteiger partial charge on any atom is 0.250 e. The van der Waals surface area contributed by atoms with E-state index in [2.05, 4.69) is 29.7 Å². The van der Waals surface area contributed by atoms with Gasteiger partial charge in [-0.1, -0.05) is 38.0 Å². The monoisotopic (exact) mass is 468 g/mol. The van der Waals surface area contributed by atoms with E-state index in [1.165, 1.54) is 12.4 Å². The Morgan fingerprint density at radius 2 is 2.00 bits per heavy atom. The Kier molecular flexibility index (Phi) is 6.91. The summed E-state index contributed by atoms with van der Waals surface area (Å²) in [6.45, 7) is 14.1. The van der Waals surface area contributed by atoms with Crippen molar-refractivity contribution in [1.82, 2.24) is 24.6 Å². The Bertz CT molecular complexity index is 1350. The molecule has 1 amide bonds. The van der Waals surface area contributed by atoms with E-state index in [1.54, 1.807) is 17.1 Å². The summed E-state index contributed by atoms with van der Waals surface area (Å²) in [5.74, 6) is 0.875. The van der Waals surface area contributed by atoms with Crippen LogP contribution in [0, 0.1) is 0 Å². The van der Waals surface area contributed by atoms with Crippen LogP contribution in [0.5, 0.6) is 5.75 Å². The van der Waals surface area contributed by atoms with Crippen LogP contribution in [0.3, 0.4) is 0 Å². The minimum atomic E-state index is -0.193. The number of rotatable bonds is 8. The molecule has 8 nitrogen and oxygen atoms in total. The predicted molar refractivity (Wildman–Crippen MR) is 138 cm³/mol. The van der Waals surface area contributed by atoms with E-state index in [0.717, 1.165) is 22.6 Å². The van der Waals surface area contributed by atoms with E-state index in [0.29, 0.717) is 42.1 Å². The molecule has 3 aromatic rings. The van der Waals surface area contributed by atoms with Crippen molar-refractivity contribution in [3.63, 3.8) is 0 Å². The molecule has 2 N–H and O–H groups in total. The zero-order valence-corrected chi connectivity index (χ0v) is 19.7. The average Bonchev–Trinajstić information content (AvgIpc) is 3.28. The number of anilines is 1. The van der Waals surface area contributed by atoms with Crippen molar-refractivity contribution in [2.24, 2.45) is 0 Å². The molecule has 4 rings (SSSR count). The Morgan fingerprint density at radius 1 is 1.23 bits per heavy atom. The Morgan fingerprint density at radius 3 is 2.66 bits per heavy atom. The highest BCUT2D eigenvalue weighted by molar-refractivity contribution is 5.98. The summed E-state index contributed by atoms with van der Waals surface area (Å²) in [4.78, 5) is 23.2. The van der Waals surface area contributed by atoms with Gasteiger partial charge in [0.05, 0.1) is 11.4 Å². The van der Waals surface area contributed by atoms with Crippen LogP contribution in [0.4, 0.5) is 5.82 Å². The largest absolute Gasteiger partial charge is 0.490 e. The molecule has 1 aliphatic heterocycles. The minimum Gasteiger partial charge on any atom is -0.490 e.